The predicted octanol–water partition coefficient (Wildman–Crippen LogP) is 1.54. The molecule has 82 valence electrons. The number of carbonyl (C=O) groups is 2. The number of hydrogen-bond donors (Lipinski definition) is 0. The first kappa shape index (κ1) is 12.2. The maximum atomic E-state index is 11.4. The van der Waals surface area contributed by atoms with Crippen molar-refractivity contribution in [3.63, 3.8) is 0 Å². The molecule has 0 aromatic rings. The normalized spacial score (nSPS) is 20.1. The van der Waals surface area contributed by atoms with Crippen molar-refractivity contribution in [2.45, 2.75) is 5.25 Å². The van der Waals surface area contributed by atoms with Gasteiger partial charge >= 0.3 is 11.9 Å². The number of rotatable bonds is 3. The van der Waals surface area contributed by atoms with Gasteiger partial charge in [-0.2, -0.15) is 0 Å². The summed E-state index contributed by atoms with van der Waals surface area (Å²) in [6.07, 6.45) is 3.00. The summed E-state index contributed by atoms with van der Waals surface area (Å²) in [6, 6.07) is 0. The van der Waals surface area contributed by atoms with Gasteiger partial charge in [-0.05, 0) is 5.41 Å². The van der Waals surface area contributed by atoms with Crippen LogP contribution in [0.2, 0.25) is 0 Å². The third-order valence-corrected chi connectivity index (χ3v) is 3.96. The van der Waals surface area contributed by atoms with E-state index >= 15 is 0 Å². The first-order valence-electron chi connectivity index (χ1n) is 4.05. The lowest BCUT2D eigenvalue weighted by atomic mass is 10.1. The Morgan fingerprint density at radius 3 is 2.53 bits per heavy atom. The number of carbonyl (C=O) groups excluding carboxylic acids is 2. The summed E-state index contributed by atoms with van der Waals surface area (Å²) in [4.78, 5) is 22.4. The lowest BCUT2D eigenvalue weighted by molar-refractivity contribution is -0.138. The van der Waals surface area contributed by atoms with E-state index in [1.807, 2.05) is 11.5 Å². The fourth-order valence-corrected chi connectivity index (χ4v) is 3.11. The Morgan fingerprint density at radius 1 is 1.33 bits per heavy atom. The van der Waals surface area contributed by atoms with Crippen molar-refractivity contribution in [1.29, 1.82) is 0 Å². The summed E-state index contributed by atoms with van der Waals surface area (Å²) in [5, 5.41) is 1.71. The standard InChI is InChI=1S/C9H10O4S2/c1-12-8(10)5-6(9(11)13-2)7-3-4-14-15-7/h3-5,7H,1-2H3/b6-5+. The number of esters is 2. The highest BCUT2D eigenvalue weighted by molar-refractivity contribution is 8.78. The van der Waals surface area contributed by atoms with Gasteiger partial charge in [-0.25, -0.2) is 9.59 Å². The van der Waals surface area contributed by atoms with Crippen LogP contribution < -0.4 is 0 Å². The molecule has 6 heteroatoms. The van der Waals surface area contributed by atoms with E-state index in [-0.39, 0.29) is 5.25 Å². The van der Waals surface area contributed by atoms with Crippen LogP contribution in [0.3, 0.4) is 0 Å². The van der Waals surface area contributed by atoms with Crippen molar-refractivity contribution in [2.75, 3.05) is 14.2 Å². The minimum atomic E-state index is -0.554. The Kier molecular flexibility index (Phi) is 4.77. The van der Waals surface area contributed by atoms with Gasteiger partial charge in [0.05, 0.1) is 25.0 Å². The highest BCUT2D eigenvalue weighted by Crippen LogP contribution is 2.39. The third-order valence-electron chi connectivity index (χ3n) is 1.67. The SMILES string of the molecule is COC(=O)/C=C(/C(=O)OC)C1C=CSS1. The first-order valence-corrected chi connectivity index (χ1v) is 6.33. The van der Waals surface area contributed by atoms with Crippen LogP contribution in [0.4, 0.5) is 0 Å². The fourth-order valence-electron chi connectivity index (χ4n) is 0.944. The molecular formula is C9H10O4S2. The van der Waals surface area contributed by atoms with Crippen LogP contribution in [0.5, 0.6) is 0 Å². The second-order valence-corrected chi connectivity index (χ2v) is 4.88. The zero-order valence-electron chi connectivity index (χ0n) is 8.26. The van der Waals surface area contributed by atoms with Crippen molar-refractivity contribution < 1.29 is 19.1 Å². The summed E-state index contributed by atoms with van der Waals surface area (Å²) < 4.78 is 9.07. The van der Waals surface area contributed by atoms with Crippen molar-refractivity contribution >= 4 is 33.5 Å². The molecule has 0 radical (unpaired) electrons. The molecule has 0 N–H and O–H groups in total. The van der Waals surface area contributed by atoms with Gasteiger partial charge in [-0.1, -0.05) is 27.7 Å². The van der Waals surface area contributed by atoms with Gasteiger partial charge in [0.25, 0.3) is 0 Å². The molecule has 0 aromatic heterocycles. The van der Waals surface area contributed by atoms with Gasteiger partial charge < -0.3 is 9.47 Å². The molecule has 15 heavy (non-hydrogen) atoms. The molecule has 0 aliphatic carbocycles. The van der Waals surface area contributed by atoms with Gasteiger partial charge in [0.1, 0.15) is 0 Å². The molecule has 1 unspecified atom stereocenters. The summed E-state index contributed by atoms with van der Waals surface area (Å²) in [6.45, 7) is 0. The first-order chi connectivity index (χ1) is 7.19. The fraction of sp³-hybridized carbons (Fsp3) is 0.333. The molecule has 0 saturated carbocycles. The Morgan fingerprint density at radius 2 is 2.07 bits per heavy atom. The van der Waals surface area contributed by atoms with Crippen molar-refractivity contribution in [3.05, 3.63) is 23.1 Å². The van der Waals surface area contributed by atoms with Crippen LogP contribution in [0, 0.1) is 0 Å². The van der Waals surface area contributed by atoms with Crippen LogP contribution >= 0.6 is 21.6 Å². The highest BCUT2D eigenvalue weighted by atomic mass is 33.1. The predicted molar refractivity (Wildman–Crippen MR) is 60.2 cm³/mol. The summed E-state index contributed by atoms with van der Waals surface area (Å²) in [7, 11) is 5.53. The smallest absolute Gasteiger partial charge is 0.335 e. The summed E-state index contributed by atoms with van der Waals surface area (Å²) in [5.74, 6) is -1.06. The van der Waals surface area contributed by atoms with E-state index in [0.29, 0.717) is 5.57 Å². The minimum Gasteiger partial charge on any atom is -0.466 e. The molecule has 1 atom stereocenters. The zero-order chi connectivity index (χ0) is 11.3. The third kappa shape index (κ3) is 3.32. The largest absolute Gasteiger partial charge is 0.466 e. The summed E-state index contributed by atoms with van der Waals surface area (Å²) >= 11 is 0. The molecular weight excluding hydrogens is 236 g/mol. The molecule has 1 heterocycles. The molecule has 1 aliphatic heterocycles. The van der Waals surface area contributed by atoms with E-state index in [4.69, 9.17) is 0 Å². The van der Waals surface area contributed by atoms with Crippen LogP contribution in [0.1, 0.15) is 0 Å². The lowest BCUT2D eigenvalue weighted by Crippen LogP contribution is -2.15. The van der Waals surface area contributed by atoms with E-state index in [1.165, 1.54) is 41.9 Å². The van der Waals surface area contributed by atoms with E-state index in [9.17, 15) is 9.59 Å². The lowest BCUT2D eigenvalue weighted by Gasteiger charge is -2.09. The van der Waals surface area contributed by atoms with E-state index < -0.39 is 11.9 Å². The van der Waals surface area contributed by atoms with Crippen LogP contribution in [-0.2, 0) is 19.1 Å². The topological polar surface area (TPSA) is 52.6 Å². The van der Waals surface area contributed by atoms with Gasteiger partial charge in [-0.3, -0.25) is 0 Å². The van der Waals surface area contributed by atoms with E-state index in [2.05, 4.69) is 9.47 Å². The molecule has 1 rings (SSSR count). The number of ether oxygens (including phenoxy) is 2. The molecule has 4 nitrogen and oxygen atoms in total. The zero-order valence-corrected chi connectivity index (χ0v) is 9.89. The van der Waals surface area contributed by atoms with Crippen molar-refractivity contribution in [1.82, 2.24) is 0 Å². The van der Waals surface area contributed by atoms with Crippen LogP contribution in [-0.4, -0.2) is 31.4 Å². The second-order valence-electron chi connectivity index (χ2n) is 2.56. The molecule has 0 fully saturated rings. The van der Waals surface area contributed by atoms with Gasteiger partial charge in [-0.15, -0.1) is 0 Å². The minimum absolute atomic E-state index is 0.151. The Labute approximate surface area is 95.5 Å². The quantitative estimate of drug-likeness (QED) is 0.428. The Balaban J connectivity index is 2.86. The van der Waals surface area contributed by atoms with Crippen molar-refractivity contribution in [2.24, 2.45) is 0 Å². The monoisotopic (exact) mass is 246 g/mol. The van der Waals surface area contributed by atoms with Crippen LogP contribution in [0.15, 0.2) is 23.1 Å². The van der Waals surface area contributed by atoms with Gasteiger partial charge in [0.15, 0.2) is 0 Å². The molecule has 0 bridgehead atoms. The molecule has 0 aromatic carbocycles. The summed E-state index contributed by atoms with van der Waals surface area (Å²) in [5.41, 5.74) is 0.301. The van der Waals surface area contributed by atoms with E-state index in [0.717, 1.165) is 0 Å². The number of hydrogen-bond acceptors (Lipinski definition) is 6. The van der Waals surface area contributed by atoms with Gasteiger partial charge in [0.2, 0.25) is 0 Å². The highest BCUT2D eigenvalue weighted by Gasteiger charge is 2.24. The average molecular weight is 246 g/mol. The average Bonchev–Trinajstić information content (AvgIpc) is 2.77. The molecule has 0 spiro atoms. The maximum absolute atomic E-state index is 11.4. The van der Waals surface area contributed by atoms with Crippen molar-refractivity contribution in [3.8, 4) is 0 Å². The Hall–Kier alpha value is -0.880. The molecule has 0 amide bonds. The van der Waals surface area contributed by atoms with E-state index in [1.54, 1.807) is 0 Å². The number of methoxy groups -OCH3 is 2. The van der Waals surface area contributed by atoms with Crippen LogP contribution in [0.25, 0.3) is 0 Å². The Bertz CT molecular complexity index is 322. The van der Waals surface area contributed by atoms with Gasteiger partial charge in [0, 0.05) is 6.08 Å². The second kappa shape index (κ2) is 5.87. The maximum Gasteiger partial charge on any atom is 0.335 e. The molecule has 0 saturated heterocycles. The molecule has 1 aliphatic rings.